The largest absolute Gasteiger partial charge is 0.496 e. The lowest BCUT2D eigenvalue weighted by atomic mass is 9.94. The molecule has 0 spiro atoms. The molecule has 1 rings (SSSR count). The van der Waals surface area contributed by atoms with Gasteiger partial charge in [-0.15, -0.1) is 0 Å². The Labute approximate surface area is 87.1 Å². The van der Waals surface area contributed by atoms with Gasteiger partial charge in [-0.25, -0.2) is 0 Å². The number of rotatable bonds is 3. The molecule has 0 heterocycles. The molecule has 77 valence electrons. The van der Waals surface area contributed by atoms with Gasteiger partial charge in [0.25, 0.3) is 0 Å². The average molecular weight is 191 g/mol. The van der Waals surface area contributed by atoms with Crippen LogP contribution in [0.15, 0.2) is 12.1 Å². The molecule has 0 bridgehead atoms. The molecule has 0 unspecified atom stereocenters. The second-order valence-electron chi connectivity index (χ2n) is 4.19. The highest BCUT2D eigenvalue weighted by Gasteiger charge is 2.13. The van der Waals surface area contributed by atoms with Crippen LogP contribution in [0.4, 0.5) is 0 Å². The molecule has 0 N–H and O–H groups in total. The zero-order valence-electron chi connectivity index (χ0n) is 9.72. The van der Waals surface area contributed by atoms with Crippen molar-refractivity contribution in [2.75, 3.05) is 7.11 Å². The predicted octanol–water partition coefficient (Wildman–Crippen LogP) is 3.74. The van der Waals surface area contributed by atoms with Crippen LogP contribution in [0.25, 0.3) is 0 Å². The van der Waals surface area contributed by atoms with Gasteiger partial charge >= 0.3 is 0 Å². The topological polar surface area (TPSA) is 9.23 Å². The van der Waals surface area contributed by atoms with E-state index >= 15 is 0 Å². The van der Waals surface area contributed by atoms with Crippen molar-refractivity contribution in [2.45, 2.75) is 39.5 Å². The van der Waals surface area contributed by atoms with Gasteiger partial charge in [0.15, 0.2) is 0 Å². The van der Waals surface area contributed by atoms with Crippen molar-refractivity contribution in [3.05, 3.63) is 29.3 Å². The summed E-state index contributed by atoms with van der Waals surface area (Å²) in [7, 11) is 1.74. The van der Waals surface area contributed by atoms with Crippen LogP contribution in [0, 0.1) is 6.07 Å². The fraction of sp³-hybridized carbons (Fsp3) is 0.538. The third-order valence-electron chi connectivity index (χ3n) is 2.41. The highest BCUT2D eigenvalue weighted by atomic mass is 16.5. The number of methoxy groups -OCH3 is 1. The quantitative estimate of drug-likeness (QED) is 0.707. The Morgan fingerprint density at radius 3 is 2.21 bits per heavy atom. The predicted molar refractivity (Wildman–Crippen MR) is 60.0 cm³/mol. The van der Waals surface area contributed by atoms with Gasteiger partial charge in [0.1, 0.15) is 5.75 Å². The van der Waals surface area contributed by atoms with Crippen LogP contribution in [0.5, 0.6) is 5.75 Å². The van der Waals surface area contributed by atoms with Crippen LogP contribution >= 0.6 is 0 Å². The summed E-state index contributed by atoms with van der Waals surface area (Å²) in [5, 5.41) is 0. The van der Waals surface area contributed by atoms with E-state index in [1.165, 1.54) is 11.1 Å². The summed E-state index contributed by atoms with van der Waals surface area (Å²) in [6, 6.07) is 7.34. The van der Waals surface area contributed by atoms with E-state index in [4.69, 9.17) is 4.74 Å². The molecule has 0 aliphatic heterocycles. The standard InChI is InChI=1S/C13H19O/c1-9(2)11-7-6-8-12(10(3)4)13(11)14-5/h6-7,9-10H,1-5H3. The minimum Gasteiger partial charge on any atom is -0.496 e. The fourth-order valence-corrected chi connectivity index (χ4v) is 1.63. The molecule has 0 fully saturated rings. The first-order valence-electron chi connectivity index (χ1n) is 5.16. The lowest BCUT2D eigenvalue weighted by Crippen LogP contribution is -2.00. The van der Waals surface area contributed by atoms with Crippen LogP contribution in [-0.4, -0.2) is 7.11 Å². The van der Waals surface area contributed by atoms with Crippen molar-refractivity contribution in [3.63, 3.8) is 0 Å². The Hall–Kier alpha value is -0.980. The molecule has 1 nitrogen and oxygen atoms in total. The second kappa shape index (κ2) is 4.50. The van der Waals surface area contributed by atoms with E-state index in [2.05, 4.69) is 39.8 Å². The van der Waals surface area contributed by atoms with Crippen molar-refractivity contribution in [1.82, 2.24) is 0 Å². The average Bonchev–Trinajstić information content (AvgIpc) is 2.16. The van der Waals surface area contributed by atoms with E-state index in [1.54, 1.807) is 7.11 Å². The maximum atomic E-state index is 5.47. The zero-order chi connectivity index (χ0) is 10.7. The highest BCUT2D eigenvalue weighted by molar-refractivity contribution is 5.44. The summed E-state index contributed by atoms with van der Waals surface area (Å²) in [4.78, 5) is 0. The summed E-state index contributed by atoms with van der Waals surface area (Å²) in [5.41, 5.74) is 2.45. The number of hydrogen-bond donors (Lipinski definition) is 0. The first-order valence-corrected chi connectivity index (χ1v) is 5.16. The molecule has 0 atom stereocenters. The first-order chi connectivity index (χ1) is 6.57. The first kappa shape index (κ1) is 11.1. The lowest BCUT2D eigenvalue weighted by Gasteiger charge is -2.17. The van der Waals surface area contributed by atoms with Crippen LogP contribution in [0.2, 0.25) is 0 Å². The zero-order valence-corrected chi connectivity index (χ0v) is 9.72. The molecule has 0 saturated carbocycles. The molecular formula is C13H19O. The summed E-state index contributed by atoms with van der Waals surface area (Å²) < 4.78 is 5.47. The van der Waals surface area contributed by atoms with E-state index in [-0.39, 0.29) is 0 Å². The highest BCUT2D eigenvalue weighted by Crippen LogP contribution is 2.33. The summed E-state index contributed by atoms with van der Waals surface area (Å²) >= 11 is 0. The van der Waals surface area contributed by atoms with Crippen molar-refractivity contribution in [2.24, 2.45) is 0 Å². The number of hydrogen-bond acceptors (Lipinski definition) is 1. The maximum absolute atomic E-state index is 5.47. The maximum Gasteiger partial charge on any atom is 0.126 e. The van der Waals surface area contributed by atoms with E-state index in [9.17, 15) is 0 Å². The minimum atomic E-state index is 0.462. The SMILES string of the molecule is COc1c(C(C)C)[c]ccc1C(C)C. The summed E-state index contributed by atoms with van der Waals surface area (Å²) in [6.45, 7) is 8.70. The molecule has 1 aromatic rings. The smallest absolute Gasteiger partial charge is 0.126 e. The Morgan fingerprint density at radius 1 is 1.14 bits per heavy atom. The van der Waals surface area contributed by atoms with Crippen LogP contribution in [-0.2, 0) is 0 Å². The Bertz CT molecular complexity index is 274. The Morgan fingerprint density at radius 2 is 1.79 bits per heavy atom. The molecule has 0 aromatic heterocycles. The van der Waals surface area contributed by atoms with Gasteiger partial charge in [-0.1, -0.05) is 39.8 Å². The second-order valence-corrected chi connectivity index (χ2v) is 4.19. The van der Waals surface area contributed by atoms with E-state index in [1.807, 2.05) is 6.07 Å². The fourth-order valence-electron chi connectivity index (χ4n) is 1.63. The van der Waals surface area contributed by atoms with Gasteiger partial charge in [0.2, 0.25) is 0 Å². The monoisotopic (exact) mass is 191 g/mol. The Balaban J connectivity index is 3.25. The van der Waals surface area contributed by atoms with Gasteiger partial charge in [0.05, 0.1) is 7.11 Å². The third kappa shape index (κ3) is 2.09. The molecule has 0 amide bonds. The molecule has 1 aromatic carbocycles. The normalized spacial score (nSPS) is 11.1. The number of benzene rings is 1. The van der Waals surface area contributed by atoms with Crippen molar-refractivity contribution < 1.29 is 4.74 Å². The van der Waals surface area contributed by atoms with Gasteiger partial charge in [-0.2, -0.15) is 0 Å². The molecule has 1 radical (unpaired) electrons. The van der Waals surface area contributed by atoms with Crippen molar-refractivity contribution in [3.8, 4) is 5.75 Å². The Kier molecular flexibility index (Phi) is 3.56. The third-order valence-corrected chi connectivity index (χ3v) is 2.41. The van der Waals surface area contributed by atoms with Crippen LogP contribution in [0.1, 0.15) is 50.7 Å². The summed E-state index contributed by atoms with van der Waals surface area (Å²) in [5.74, 6) is 1.97. The molecule has 0 saturated heterocycles. The molecule has 1 heteroatoms. The lowest BCUT2D eigenvalue weighted by molar-refractivity contribution is 0.400. The molecule has 0 aliphatic rings. The number of ether oxygens (including phenoxy) is 1. The summed E-state index contributed by atoms with van der Waals surface area (Å²) in [6.07, 6.45) is 0. The molecule has 0 aliphatic carbocycles. The van der Waals surface area contributed by atoms with Crippen molar-refractivity contribution >= 4 is 0 Å². The van der Waals surface area contributed by atoms with Gasteiger partial charge < -0.3 is 4.74 Å². The van der Waals surface area contributed by atoms with Crippen LogP contribution in [0.3, 0.4) is 0 Å². The van der Waals surface area contributed by atoms with E-state index < -0.39 is 0 Å². The van der Waals surface area contributed by atoms with Gasteiger partial charge in [0, 0.05) is 5.56 Å². The van der Waals surface area contributed by atoms with Gasteiger partial charge in [-0.05, 0) is 23.5 Å². The molecular weight excluding hydrogens is 172 g/mol. The van der Waals surface area contributed by atoms with Gasteiger partial charge in [-0.3, -0.25) is 0 Å². The van der Waals surface area contributed by atoms with E-state index in [0.717, 1.165) is 5.75 Å². The van der Waals surface area contributed by atoms with E-state index in [0.29, 0.717) is 11.8 Å². The minimum absolute atomic E-state index is 0.462. The van der Waals surface area contributed by atoms with Crippen LogP contribution < -0.4 is 4.74 Å². The van der Waals surface area contributed by atoms with Crippen molar-refractivity contribution in [1.29, 1.82) is 0 Å². The molecule has 14 heavy (non-hydrogen) atoms.